The molecule has 6 heteroatoms. The van der Waals surface area contributed by atoms with E-state index >= 15 is 0 Å². The molecule has 0 radical (unpaired) electrons. The minimum absolute atomic E-state index is 0.111. The van der Waals surface area contributed by atoms with Crippen LogP contribution in [0.4, 0.5) is 10.7 Å². The lowest BCUT2D eigenvalue weighted by Gasteiger charge is -2.32. The summed E-state index contributed by atoms with van der Waals surface area (Å²) in [6.45, 7) is 7.20. The average Bonchev–Trinajstić information content (AvgIpc) is 2.72. The Morgan fingerprint density at radius 3 is 2.53 bits per heavy atom. The minimum Gasteiger partial charge on any atom is -0.444 e. The maximum atomic E-state index is 12.0. The first-order valence-corrected chi connectivity index (χ1v) is 10.4. The Hall–Kier alpha value is -3.15. The molecular formula is C24H28N4O2. The topological polar surface area (TPSA) is 67.3 Å². The normalized spacial score (nSPS) is 15.2. The number of alkyl carbamates (subject to hydrolysis) is 1. The van der Waals surface area contributed by atoms with Crippen LogP contribution in [0.2, 0.25) is 0 Å². The van der Waals surface area contributed by atoms with Gasteiger partial charge in [0.05, 0.1) is 5.69 Å². The number of ether oxygens (including phenoxy) is 1. The monoisotopic (exact) mass is 404 g/mol. The number of carbonyl (C=O) groups excluding carboxylic acids is 1. The van der Waals surface area contributed by atoms with Gasteiger partial charge in [-0.2, -0.15) is 0 Å². The van der Waals surface area contributed by atoms with Gasteiger partial charge in [0.2, 0.25) is 5.95 Å². The molecule has 1 saturated heterocycles. The Morgan fingerprint density at radius 1 is 1.07 bits per heavy atom. The van der Waals surface area contributed by atoms with Crippen LogP contribution in [0.5, 0.6) is 0 Å². The first-order valence-electron chi connectivity index (χ1n) is 10.4. The number of aromatic nitrogens is 2. The number of nitrogens with one attached hydrogen (secondary N) is 1. The minimum atomic E-state index is -0.484. The Kier molecular flexibility index (Phi) is 5.57. The number of piperidine rings is 1. The number of anilines is 1. The van der Waals surface area contributed by atoms with Gasteiger partial charge in [0.15, 0.2) is 0 Å². The van der Waals surface area contributed by atoms with Crippen molar-refractivity contribution in [3.63, 3.8) is 0 Å². The molecule has 0 unspecified atom stereocenters. The van der Waals surface area contributed by atoms with Crippen LogP contribution in [0.25, 0.3) is 22.0 Å². The fourth-order valence-electron chi connectivity index (χ4n) is 3.71. The van der Waals surface area contributed by atoms with Crippen LogP contribution in [0.3, 0.4) is 0 Å². The number of hydrogen-bond donors (Lipinski definition) is 1. The number of nitrogens with zero attached hydrogens (tertiary/aromatic N) is 3. The lowest BCUT2D eigenvalue weighted by molar-refractivity contribution is 0.0497. The zero-order valence-electron chi connectivity index (χ0n) is 17.8. The van der Waals surface area contributed by atoms with Gasteiger partial charge in [-0.05, 0) is 56.5 Å². The summed E-state index contributed by atoms with van der Waals surface area (Å²) in [6.07, 6.45) is 3.14. The van der Waals surface area contributed by atoms with Gasteiger partial charge in [-0.1, -0.05) is 36.4 Å². The molecule has 156 valence electrons. The summed E-state index contributed by atoms with van der Waals surface area (Å²) in [5.74, 6) is 0.733. The van der Waals surface area contributed by atoms with Crippen molar-refractivity contribution >= 4 is 22.8 Å². The van der Waals surface area contributed by atoms with E-state index in [1.807, 2.05) is 45.2 Å². The maximum Gasteiger partial charge on any atom is 0.407 e. The Balaban J connectivity index is 1.41. The van der Waals surface area contributed by atoms with E-state index in [9.17, 15) is 4.79 Å². The quantitative estimate of drug-likeness (QED) is 0.680. The van der Waals surface area contributed by atoms with Crippen LogP contribution in [0.15, 0.2) is 54.7 Å². The molecule has 4 rings (SSSR count). The molecule has 1 amide bonds. The van der Waals surface area contributed by atoms with Crippen LogP contribution in [-0.2, 0) is 4.74 Å². The van der Waals surface area contributed by atoms with Crippen LogP contribution in [-0.4, -0.2) is 40.8 Å². The molecule has 0 aliphatic carbocycles. The third-order valence-corrected chi connectivity index (χ3v) is 5.19. The zero-order valence-corrected chi connectivity index (χ0v) is 17.8. The standard InChI is InChI=1S/C24H28N4O2/c1-24(2,3)30-23(29)26-20-11-14-28(15-12-20)22-25-13-10-21(27-22)19-9-8-17-6-4-5-7-18(17)16-19/h4-10,13,16,20H,11-12,14-15H2,1-3H3,(H,26,29). The molecule has 30 heavy (non-hydrogen) atoms. The Morgan fingerprint density at radius 2 is 1.80 bits per heavy atom. The van der Waals surface area contributed by atoms with Gasteiger partial charge >= 0.3 is 6.09 Å². The van der Waals surface area contributed by atoms with Crippen molar-refractivity contribution in [2.45, 2.75) is 45.3 Å². The predicted molar refractivity (Wildman–Crippen MR) is 120 cm³/mol. The highest BCUT2D eigenvalue weighted by Crippen LogP contribution is 2.25. The van der Waals surface area contributed by atoms with Crippen molar-refractivity contribution in [1.29, 1.82) is 0 Å². The van der Waals surface area contributed by atoms with Crippen molar-refractivity contribution in [2.24, 2.45) is 0 Å². The second-order valence-electron chi connectivity index (χ2n) is 8.71. The van der Waals surface area contributed by atoms with Crippen molar-refractivity contribution < 1.29 is 9.53 Å². The first-order chi connectivity index (χ1) is 14.4. The second kappa shape index (κ2) is 8.30. The summed E-state index contributed by atoms with van der Waals surface area (Å²) >= 11 is 0. The van der Waals surface area contributed by atoms with E-state index in [2.05, 4.69) is 45.5 Å². The summed E-state index contributed by atoms with van der Waals surface area (Å²) in [6, 6.07) is 16.8. The molecule has 2 heterocycles. The molecule has 3 aromatic rings. The highest BCUT2D eigenvalue weighted by Gasteiger charge is 2.24. The average molecular weight is 405 g/mol. The van der Waals surface area contributed by atoms with Crippen LogP contribution >= 0.6 is 0 Å². The Bertz CT molecular complexity index is 1040. The second-order valence-corrected chi connectivity index (χ2v) is 8.71. The molecule has 1 fully saturated rings. The van der Waals surface area contributed by atoms with E-state index in [0.717, 1.165) is 43.1 Å². The number of fused-ring (bicyclic) bond motifs is 1. The largest absolute Gasteiger partial charge is 0.444 e. The first kappa shape index (κ1) is 20.1. The molecule has 0 saturated carbocycles. The van der Waals surface area contributed by atoms with Crippen molar-refractivity contribution in [3.8, 4) is 11.3 Å². The van der Waals surface area contributed by atoms with Gasteiger partial charge in [0.25, 0.3) is 0 Å². The number of benzene rings is 2. The van der Waals surface area contributed by atoms with Gasteiger partial charge in [-0.25, -0.2) is 14.8 Å². The fraction of sp³-hybridized carbons (Fsp3) is 0.375. The van der Waals surface area contributed by atoms with Gasteiger partial charge in [-0.3, -0.25) is 0 Å². The van der Waals surface area contributed by atoms with E-state index in [1.165, 1.54) is 10.8 Å². The molecular weight excluding hydrogens is 376 g/mol. The highest BCUT2D eigenvalue weighted by molar-refractivity contribution is 5.86. The molecule has 2 aromatic carbocycles. The van der Waals surface area contributed by atoms with Crippen LogP contribution in [0.1, 0.15) is 33.6 Å². The van der Waals surface area contributed by atoms with Crippen molar-refractivity contribution in [1.82, 2.24) is 15.3 Å². The lowest BCUT2D eigenvalue weighted by Crippen LogP contribution is -2.46. The molecule has 1 aliphatic heterocycles. The molecule has 1 N–H and O–H groups in total. The number of amides is 1. The summed E-state index contributed by atoms with van der Waals surface area (Å²) < 4.78 is 5.36. The molecule has 6 nitrogen and oxygen atoms in total. The van der Waals surface area contributed by atoms with Gasteiger partial charge in [0, 0.05) is 30.9 Å². The molecule has 0 bridgehead atoms. The molecule has 0 spiro atoms. The van der Waals surface area contributed by atoms with Crippen molar-refractivity contribution in [3.05, 3.63) is 54.7 Å². The van der Waals surface area contributed by atoms with E-state index < -0.39 is 5.60 Å². The highest BCUT2D eigenvalue weighted by atomic mass is 16.6. The summed E-state index contributed by atoms with van der Waals surface area (Å²) in [5.41, 5.74) is 1.51. The van der Waals surface area contributed by atoms with E-state index in [4.69, 9.17) is 9.72 Å². The number of hydrogen-bond acceptors (Lipinski definition) is 5. The zero-order chi connectivity index (χ0) is 21.1. The lowest BCUT2D eigenvalue weighted by atomic mass is 10.0. The molecule has 0 atom stereocenters. The molecule has 1 aromatic heterocycles. The smallest absolute Gasteiger partial charge is 0.407 e. The Labute approximate surface area is 177 Å². The SMILES string of the molecule is CC(C)(C)OC(=O)NC1CCN(c2nccc(-c3ccc4ccccc4c3)n2)CC1. The van der Waals surface area contributed by atoms with Crippen LogP contribution in [0, 0.1) is 0 Å². The predicted octanol–water partition coefficient (Wildman–Crippen LogP) is 4.79. The maximum absolute atomic E-state index is 12.0. The van der Waals surface area contributed by atoms with E-state index in [-0.39, 0.29) is 12.1 Å². The van der Waals surface area contributed by atoms with Gasteiger partial charge in [-0.15, -0.1) is 0 Å². The third-order valence-electron chi connectivity index (χ3n) is 5.19. The van der Waals surface area contributed by atoms with E-state index in [1.54, 1.807) is 0 Å². The summed E-state index contributed by atoms with van der Waals surface area (Å²) in [5, 5.41) is 5.39. The van der Waals surface area contributed by atoms with Gasteiger partial charge < -0.3 is 15.0 Å². The number of carbonyl (C=O) groups is 1. The summed E-state index contributed by atoms with van der Waals surface area (Å²) in [4.78, 5) is 23.5. The molecule has 1 aliphatic rings. The van der Waals surface area contributed by atoms with E-state index in [0.29, 0.717) is 0 Å². The van der Waals surface area contributed by atoms with Crippen LogP contribution < -0.4 is 10.2 Å². The fourth-order valence-corrected chi connectivity index (χ4v) is 3.71. The van der Waals surface area contributed by atoms with Crippen molar-refractivity contribution in [2.75, 3.05) is 18.0 Å². The summed E-state index contributed by atoms with van der Waals surface area (Å²) in [7, 11) is 0. The third kappa shape index (κ3) is 4.87. The number of rotatable bonds is 3. The van der Waals surface area contributed by atoms with Gasteiger partial charge in [0.1, 0.15) is 5.60 Å².